The smallest absolute Gasteiger partial charge is 0.151 e. The van der Waals surface area contributed by atoms with Crippen LogP contribution in [0.25, 0.3) is 0 Å². The molecule has 0 aliphatic carbocycles. The Kier molecular flexibility index (Phi) is 5.26. The predicted octanol–water partition coefficient (Wildman–Crippen LogP) is 3.99. The zero-order chi connectivity index (χ0) is 12.0. The average molecular weight is 241 g/mol. The lowest BCUT2D eigenvalue weighted by Gasteiger charge is -2.10. The largest absolute Gasteiger partial charge is 0.388 e. The molecule has 0 aliphatic heterocycles. The molecular weight excluding hydrogens is 224 g/mol. The molecule has 3 nitrogen and oxygen atoms in total. The second kappa shape index (κ2) is 6.48. The lowest BCUT2D eigenvalue weighted by molar-refractivity contribution is 0.0712. The van der Waals surface area contributed by atoms with Gasteiger partial charge >= 0.3 is 0 Å². The Morgan fingerprint density at radius 2 is 2.12 bits per heavy atom. The third-order valence-electron chi connectivity index (χ3n) is 2.38. The van der Waals surface area contributed by atoms with Crippen molar-refractivity contribution >= 4 is 17.3 Å². The van der Waals surface area contributed by atoms with Crippen LogP contribution in [-0.4, -0.2) is 10.7 Å². The molecule has 1 heterocycles. The molecule has 0 saturated heterocycles. The van der Waals surface area contributed by atoms with Crippen molar-refractivity contribution in [2.75, 3.05) is 0 Å². The topological polar surface area (TPSA) is 34.5 Å². The van der Waals surface area contributed by atoms with Crippen molar-refractivity contribution in [2.24, 2.45) is 5.16 Å². The van der Waals surface area contributed by atoms with Crippen LogP contribution in [0.15, 0.2) is 23.5 Å². The Hall–Kier alpha value is -1.09. The number of nitrogens with zero attached hydrogens (tertiary/aromatic N) is 2. The summed E-state index contributed by atoms with van der Waals surface area (Å²) in [6.45, 7) is 6.08. The van der Waals surface area contributed by atoms with E-state index in [1.165, 1.54) is 0 Å². The number of aromatic nitrogens is 1. The van der Waals surface area contributed by atoms with Gasteiger partial charge in [-0.2, -0.15) is 0 Å². The van der Waals surface area contributed by atoms with Gasteiger partial charge in [-0.15, -0.1) is 0 Å². The van der Waals surface area contributed by atoms with E-state index in [2.05, 4.69) is 24.0 Å². The maximum Gasteiger partial charge on any atom is 0.151 e. The fourth-order valence-corrected chi connectivity index (χ4v) is 1.33. The first-order chi connectivity index (χ1) is 7.67. The zero-order valence-electron chi connectivity index (χ0n) is 9.90. The highest BCUT2D eigenvalue weighted by atomic mass is 35.5. The van der Waals surface area contributed by atoms with Gasteiger partial charge in [-0.05, 0) is 25.8 Å². The molecule has 1 aromatic rings. The Morgan fingerprint density at radius 3 is 2.62 bits per heavy atom. The summed E-state index contributed by atoms with van der Waals surface area (Å²) < 4.78 is 0. The molecule has 0 aliphatic rings. The van der Waals surface area contributed by atoms with Crippen molar-refractivity contribution in [2.45, 2.75) is 39.7 Å². The number of pyridine rings is 1. The predicted molar refractivity (Wildman–Crippen MR) is 66.8 cm³/mol. The monoisotopic (exact) mass is 240 g/mol. The summed E-state index contributed by atoms with van der Waals surface area (Å²) in [5.41, 5.74) is 2.04. The molecule has 0 aromatic carbocycles. The maximum atomic E-state index is 5.71. The van der Waals surface area contributed by atoms with E-state index in [0.29, 0.717) is 5.15 Å². The van der Waals surface area contributed by atoms with Crippen molar-refractivity contribution in [3.63, 3.8) is 0 Å². The van der Waals surface area contributed by atoms with E-state index in [-0.39, 0.29) is 6.10 Å². The molecule has 4 heteroatoms. The molecule has 16 heavy (non-hydrogen) atoms. The van der Waals surface area contributed by atoms with Gasteiger partial charge in [-0.25, -0.2) is 4.98 Å². The SMILES string of the molecule is CCC(CC)=NOC(C)c1ccc(Cl)nc1. The standard InChI is InChI=1S/C12H17ClN2O/c1-4-11(5-2)15-16-9(3)10-6-7-12(13)14-8-10/h6-9H,4-5H2,1-3H3. The molecule has 0 amide bonds. The van der Waals surface area contributed by atoms with Crippen LogP contribution in [0.3, 0.4) is 0 Å². The van der Waals surface area contributed by atoms with Gasteiger partial charge in [0, 0.05) is 11.8 Å². The highest BCUT2D eigenvalue weighted by molar-refractivity contribution is 6.29. The molecule has 1 unspecified atom stereocenters. The Morgan fingerprint density at radius 1 is 1.44 bits per heavy atom. The van der Waals surface area contributed by atoms with Crippen LogP contribution in [-0.2, 0) is 4.84 Å². The first-order valence-electron chi connectivity index (χ1n) is 5.50. The Bertz CT molecular complexity index is 343. The summed E-state index contributed by atoms with van der Waals surface area (Å²) in [5.74, 6) is 0. The molecule has 1 rings (SSSR count). The number of oxime groups is 1. The van der Waals surface area contributed by atoms with Gasteiger partial charge < -0.3 is 4.84 Å². The van der Waals surface area contributed by atoms with E-state index in [9.17, 15) is 0 Å². The van der Waals surface area contributed by atoms with E-state index >= 15 is 0 Å². The van der Waals surface area contributed by atoms with Crippen LogP contribution in [0.5, 0.6) is 0 Å². The third-order valence-corrected chi connectivity index (χ3v) is 2.60. The van der Waals surface area contributed by atoms with E-state index in [4.69, 9.17) is 16.4 Å². The van der Waals surface area contributed by atoms with Gasteiger partial charge in [0.15, 0.2) is 6.10 Å². The fraction of sp³-hybridized carbons (Fsp3) is 0.500. The van der Waals surface area contributed by atoms with Crippen LogP contribution in [0, 0.1) is 0 Å². The van der Waals surface area contributed by atoms with Crippen LogP contribution in [0.4, 0.5) is 0 Å². The Balaban J connectivity index is 2.61. The number of hydrogen-bond donors (Lipinski definition) is 0. The fourth-order valence-electron chi connectivity index (χ4n) is 1.22. The van der Waals surface area contributed by atoms with Gasteiger partial charge in [-0.1, -0.05) is 36.7 Å². The summed E-state index contributed by atoms with van der Waals surface area (Å²) in [7, 11) is 0. The third kappa shape index (κ3) is 3.81. The maximum absolute atomic E-state index is 5.71. The van der Waals surface area contributed by atoms with Crippen molar-refractivity contribution < 1.29 is 4.84 Å². The minimum atomic E-state index is -0.0992. The van der Waals surface area contributed by atoms with Gasteiger partial charge in [0.25, 0.3) is 0 Å². The van der Waals surface area contributed by atoms with E-state index in [1.54, 1.807) is 12.3 Å². The lowest BCUT2D eigenvalue weighted by Crippen LogP contribution is -2.00. The summed E-state index contributed by atoms with van der Waals surface area (Å²) in [6, 6.07) is 3.65. The molecule has 88 valence electrons. The van der Waals surface area contributed by atoms with Crippen LogP contribution < -0.4 is 0 Å². The summed E-state index contributed by atoms with van der Waals surface area (Å²) in [6.07, 6.45) is 3.45. The number of hydrogen-bond acceptors (Lipinski definition) is 3. The molecule has 0 spiro atoms. The highest BCUT2D eigenvalue weighted by Crippen LogP contribution is 2.17. The molecule has 0 N–H and O–H groups in total. The summed E-state index contributed by atoms with van der Waals surface area (Å²) >= 11 is 5.71. The van der Waals surface area contributed by atoms with E-state index in [1.807, 2.05) is 13.0 Å². The summed E-state index contributed by atoms with van der Waals surface area (Å²) in [5, 5.41) is 4.60. The lowest BCUT2D eigenvalue weighted by atomic mass is 10.2. The minimum Gasteiger partial charge on any atom is -0.388 e. The van der Waals surface area contributed by atoms with E-state index < -0.39 is 0 Å². The van der Waals surface area contributed by atoms with Crippen LogP contribution in [0.1, 0.15) is 45.3 Å². The first kappa shape index (κ1) is 13.0. The van der Waals surface area contributed by atoms with Crippen molar-refractivity contribution in [1.82, 2.24) is 4.98 Å². The van der Waals surface area contributed by atoms with Crippen molar-refractivity contribution in [1.29, 1.82) is 0 Å². The molecule has 0 bridgehead atoms. The first-order valence-corrected chi connectivity index (χ1v) is 5.88. The van der Waals surface area contributed by atoms with Gasteiger partial charge in [0.1, 0.15) is 5.15 Å². The zero-order valence-corrected chi connectivity index (χ0v) is 10.7. The minimum absolute atomic E-state index is 0.0992. The van der Waals surface area contributed by atoms with Crippen molar-refractivity contribution in [3.05, 3.63) is 29.0 Å². The van der Waals surface area contributed by atoms with E-state index in [0.717, 1.165) is 24.1 Å². The van der Waals surface area contributed by atoms with Crippen LogP contribution >= 0.6 is 11.6 Å². The normalized spacial score (nSPS) is 12.0. The molecule has 1 atom stereocenters. The van der Waals surface area contributed by atoms with Gasteiger partial charge in [0.05, 0.1) is 5.71 Å². The number of rotatable bonds is 5. The quantitative estimate of drug-likeness (QED) is 0.443. The van der Waals surface area contributed by atoms with Crippen molar-refractivity contribution in [3.8, 4) is 0 Å². The Labute approximate surface area is 101 Å². The molecule has 0 radical (unpaired) electrons. The number of halogens is 1. The molecule has 0 saturated carbocycles. The second-order valence-corrected chi connectivity index (χ2v) is 3.91. The van der Waals surface area contributed by atoms with Gasteiger partial charge in [0.2, 0.25) is 0 Å². The summed E-state index contributed by atoms with van der Waals surface area (Å²) in [4.78, 5) is 9.42. The molecule has 0 fully saturated rings. The second-order valence-electron chi connectivity index (χ2n) is 3.53. The molecule has 1 aromatic heterocycles. The highest BCUT2D eigenvalue weighted by Gasteiger charge is 2.06. The van der Waals surface area contributed by atoms with Crippen LogP contribution in [0.2, 0.25) is 5.15 Å². The molecular formula is C12H17ClN2O. The average Bonchev–Trinajstić information content (AvgIpc) is 2.31. The van der Waals surface area contributed by atoms with Gasteiger partial charge in [-0.3, -0.25) is 0 Å².